The van der Waals surface area contributed by atoms with Crippen molar-refractivity contribution in [2.24, 2.45) is 5.73 Å². The monoisotopic (exact) mass is 234 g/mol. The van der Waals surface area contributed by atoms with Crippen LogP contribution < -0.4 is 11.1 Å². The Hall–Kier alpha value is -1.35. The predicted octanol–water partition coefficient (Wildman–Crippen LogP) is 1.78. The summed E-state index contributed by atoms with van der Waals surface area (Å²) in [5, 5.41) is 2.93. The maximum Gasteiger partial charge on any atom is 0.220 e. The van der Waals surface area contributed by atoms with Crippen LogP contribution in [0.4, 0.5) is 0 Å². The van der Waals surface area contributed by atoms with Crippen molar-refractivity contribution >= 4 is 5.91 Å². The number of hydrogen-bond acceptors (Lipinski definition) is 2. The molecule has 0 saturated heterocycles. The summed E-state index contributed by atoms with van der Waals surface area (Å²) in [7, 11) is 0. The molecule has 0 heterocycles. The van der Waals surface area contributed by atoms with Crippen LogP contribution in [0.5, 0.6) is 0 Å². The first-order chi connectivity index (χ1) is 7.93. The Labute approximate surface area is 103 Å². The van der Waals surface area contributed by atoms with E-state index in [0.29, 0.717) is 13.0 Å². The van der Waals surface area contributed by atoms with E-state index in [2.05, 4.69) is 24.4 Å². The Morgan fingerprint density at radius 1 is 1.41 bits per heavy atom. The van der Waals surface area contributed by atoms with E-state index >= 15 is 0 Å². The zero-order valence-electron chi connectivity index (χ0n) is 10.9. The van der Waals surface area contributed by atoms with Gasteiger partial charge >= 0.3 is 0 Å². The molecule has 0 unspecified atom stereocenters. The average molecular weight is 234 g/mol. The Morgan fingerprint density at radius 3 is 2.71 bits per heavy atom. The highest BCUT2D eigenvalue weighted by Gasteiger charge is 2.17. The van der Waals surface area contributed by atoms with Crippen molar-refractivity contribution in [1.29, 1.82) is 0 Å². The molecule has 1 aromatic rings. The smallest absolute Gasteiger partial charge is 0.220 e. The zero-order valence-corrected chi connectivity index (χ0v) is 10.9. The molecule has 94 valence electrons. The maximum atomic E-state index is 11.7. The molecule has 0 saturated carbocycles. The molecule has 1 amide bonds. The minimum Gasteiger partial charge on any atom is -0.350 e. The van der Waals surface area contributed by atoms with Gasteiger partial charge in [0, 0.05) is 18.5 Å². The van der Waals surface area contributed by atoms with Crippen molar-refractivity contribution in [3.8, 4) is 0 Å². The van der Waals surface area contributed by atoms with Gasteiger partial charge in [-0.2, -0.15) is 0 Å². The van der Waals surface area contributed by atoms with Gasteiger partial charge in [0.2, 0.25) is 5.91 Å². The van der Waals surface area contributed by atoms with Crippen molar-refractivity contribution in [1.82, 2.24) is 5.32 Å². The second kappa shape index (κ2) is 5.82. The van der Waals surface area contributed by atoms with Gasteiger partial charge in [-0.05, 0) is 32.8 Å². The summed E-state index contributed by atoms with van der Waals surface area (Å²) in [6, 6.07) is 8.24. The second-order valence-electron chi connectivity index (χ2n) is 5.13. The molecule has 0 atom stereocenters. The van der Waals surface area contributed by atoms with Crippen LogP contribution in [0.15, 0.2) is 24.3 Å². The summed E-state index contributed by atoms with van der Waals surface area (Å²) < 4.78 is 0. The Balaban J connectivity index is 2.44. The van der Waals surface area contributed by atoms with Crippen molar-refractivity contribution in [3.05, 3.63) is 35.4 Å². The largest absolute Gasteiger partial charge is 0.350 e. The molecule has 3 nitrogen and oxygen atoms in total. The van der Waals surface area contributed by atoms with Gasteiger partial charge < -0.3 is 11.1 Å². The first-order valence-corrected chi connectivity index (χ1v) is 5.99. The van der Waals surface area contributed by atoms with Gasteiger partial charge in [0.1, 0.15) is 0 Å². The molecule has 3 N–H and O–H groups in total. The molecular weight excluding hydrogens is 212 g/mol. The molecule has 1 aromatic carbocycles. The maximum absolute atomic E-state index is 11.7. The lowest BCUT2D eigenvalue weighted by Crippen LogP contribution is -2.48. The van der Waals surface area contributed by atoms with E-state index in [9.17, 15) is 4.79 Å². The SMILES string of the molecule is Cc1cccc(CCC(=O)NC(C)(C)CN)c1. The topological polar surface area (TPSA) is 55.1 Å². The molecule has 0 aliphatic carbocycles. The minimum absolute atomic E-state index is 0.0574. The van der Waals surface area contributed by atoms with E-state index < -0.39 is 0 Å². The minimum atomic E-state index is -0.316. The van der Waals surface area contributed by atoms with Crippen LogP contribution >= 0.6 is 0 Å². The van der Waals surface area contributed by atoms with E-state index in [1.165, 1.54) is 11.1 Å². The van der Waals surface area contributed by atoms with Crippen molar-refractivity contribution in [3.63, 3.8) is 0 Å². The van der Waals surface area contributed by atoms with E-state index in [1.807, 2.05) is 26.0 Å². The summed E-state index contributed by atoms with van der Waals surface area (Å²) in [4.78, 5) is 11.7. The number of aryl methyl sites for hydroxylation is 2. The quantitative estimate of drug-likeness (QED) is 0.816. The molecule has 0 bridgehead atoms. The third-order valence-electron chi connectivity index (χ3n) is 2.71. The first kappa shape index (κ1) is 13.7. The van der Waals surface area contributed by atoms with E-state index in [-0.39, 0.29) is 11.4 Å². The standard InChI is InChI=1S/C14H22N2O/c1-11-5-4-6-12(9-11)7-8-13(17)16-14(2,3)10-15/h4-6,9H,7-8,10,15H2,1-3H3,(H,16,17). The van der Waals surface area contributed by atoms with Gasteiger partial charge in [-0.15, -0.1) is 0 Å². The number of rotatable bonds is 5. The van der Waals surface area contributed by atoms with Crippen molar-refractivity contribution in [2.75, 3.05) is 6.54 Å². The third kappa shape index (κ3) is 5.00. The predicted molar refractivity (Wildman–Crippen MR) is 70.8 cm³/mol. The highest BCUT2D eigenvalue weighted by molar-refractivity contribution is 5.77. The molecule has 1 rings (SSSR count). The zero-order chi connectivity index (χ0) is 12.9. The van der Waals surface area contributed by atoms with Crippen LogP contribution in [0.2, 0.25) is 0 Å². The van der Waals surface area contributed by atoms with Crippen molar-refractivity contribution < 1.29 is 4.79 Å². The Kier molecular flexibility index (Phi) is 4.70. The number of nitrogens with one attached hydrogen (secondary N) is 1. The lowest BCUT2D eigenvalue weighted by atomic mass is 10.0. The highest BCUT2D eigenvalue weighted by Crippen LogP contribution is 2.07. The number of carbonyl (C=O) groups excluding carboxylic acids is 1. The Bertz CT molecular complexity index is 386. The van der Waals surface area contributed by atoms with Crippen LogP contribution in [0.3, 0.4) is 0 Å². The molecule has 0 aromatic heterocycles. The molecule has 0 aliphatic heterocycles. The number of amides is 1. The van der Waals surface area contributed by atoms with E-state index in [4.69, 9.17) is 5.73 Å². The molecule has 0 aliphatic rings. The molecule has 17 heavy (non-hydrogen) atoms. The van der Waals surface area contributed by atoms with Gasteiger partial charge in [-0.25, -0.2) is 0 Å². The van der Waals surface area contributed by atoms with Crippen molar-refractivity contribution in [2.45, 2.75) is 39.2 Å². The summed E-state index contributed by atoms with van der Waals surface area (Å²) in [6.45, 7) is 6.36. The fraction of sp³-hybridized carbons (Fsp3) is 0.500. The van der Waals surface area contributed by atoms with Crippen LogP contribution in [-0.2, 0) is 11.2 Å². The molecule has 0 radical (unpaired) electrons. The summed E-state index contributed by atoms with van der Waals surface area (Å²) >= 11 is 0. The van der Waals surface area contributed by atoms with Gasteiger partial charge in [0.25, 0.3) is 0 Å². The summed E-state index contributed by atoms with van der Waals surface area (Å²) in [5.41, 5.74) is 7.68. The normalized spacial score (nSPS) is 11.3. The van der Waals surface area contributed by atoms with E-state index in [0.717, 1.165) is 6.42 Å². The van der Waals surface area contributed by atoms with Crippen LogP contribution in [0.25, 0.3) is 0 Å². The first-order valence-electron chi connectivity index (χ1n) is 5.99. The molecular formula is C14H22N2O. The highest BCUT2D eigenvalue weighted by atomic mass is 16.1. The molecule has 0 fully saturated rings. The fourth-order valence-corrected chi connectivity index (χ4v) is 1.62. The average Bonchev–Trinajstić information content (AvgIpc) is 2.26. The number of hydrogen-bond donors (Lipinski definition) is 2. The lowest BCUT2D eigenvalue weighted by molar-refractivity contribution is -0.122. The lowest BCUT2D eigenvalue weighted by Gasteiger charge is -2.24. The third-order valence-corrected chi connectivity index (χ3v) is 2.71. The van der Waals surface area contributed by atoms with Crippen LogP contribution in [-0.4, -0.2) is 18.0 Å². The van der Waals surface area contributed by atoms with E-state index in [1.54, 1.807) is 0 Å². The number of nitrogens with two attached hydrogens (primary N) is 1. The number of carbonyl (C=O) groups is 1. The molecule has 3 heteroatoms. The number of benzene rings is 1. The molecule has 0 spiro atoms. The van der Waals surface area contributed by atoms with Gasteiger partial charge in [0.05, 0.1) is 0 Å². The van der Waals surface area contributed by atoms with Gasteiger partial charge in [-0.1, -0.05) is 29.8 Å². The van der Waals surface area contributed by atoms with Gasteiger partial charge in [0.15, 0.2) is 0 Å². The summed E-state index contributed by atoms with van der Waals surface area (Å²) in [5.74, 6) is 0.0574. The Morgan fingerprint density at radius 2 is 2.12 bits per heavy atom. The summed E-state index contributed by atoms with van der Waals surface area (Å²) in [6.07, 6.45) is 1.28. The van der Waals surface area contributed by atoms with Crippen LogP contribution in [0, 0.1) is 6.92 Å². The van der Waals surface area contributed by atoms with Gasteiger partial charge in [-0.3, -0.25) is 4.79 Å². The second-order valence-corrected chi connectivity index (χ2v) is 5.13. The fourth-order valence-electron chi connectivity index (χ4n) is 1.62. The van der Waals surface area contributed by atoms with Crippen LogP contribution in [0.1, 0.15) is 31.4 Å².